The molecule has 0 saturated heterocycles. The van der Waals surface area contributed by atoms with Gasteiger partial charge in [-0.25, -0.2) is 0 Å². The summed E-state index contributed by atoms with van der Waals surface area (Å²) in [5, 5.41) is 13.2. The lowest BCUT2D eigenvalue weighted by Gasteiger charge is -2.07. The summed E-state index contributed by atoms with van der Waals surface area (Å²) in [5.74, 6) is -0.354. The number of carbonyl (C=O) groups excluding carboxylic acids is 2. The number of nitrogens with zero attached hydrogens (tertiary/aromatic N) is 1. The van der Waals surface area contributed by atoms with Crippen LogP contribution >= 0.6 is 0 Å². The van der Waals surface area contributed by atoms with Crippen LogP contribution in [0.15, 0.2) is 48.5 Å². The maximum Gasteiger partial charge on any atom is 0.269 e. The average molecular weight is 329 g/mol. The van der Waals surface area contributed by atoms with Crippen LogP contribution in [0.1, 0.15) is 16.8 Å². The van der Waals surface area contributed by atoms with Gasteiger partial charge in [-0.1, -0.05) is 0 Å². The first-order valence-corrected chi connectivity index (χ1v) is 7.02. The van der Waals surface area contributed by atoms with Crippen molar-refractivity contribution in [1.29, 1.82) is 0 Å². The van der Waals surface area contributed by atoms with Gasteiger partial charge in [0.25, 0.3) is 5.69 Å². The Morgan fingerprint density at radius 2 is 1.71 bits per heavy atom. The van der Waals surface area contributed by atoms with E-state index >= 15 is 0 Å². The topological polar surface area (TPSA) is 125 Å². The lowest BCUT2D eigenvalue weighted by Crippen LogP contribution is -2.15. The van der Waals surface area contributed by atoms with Gasteiger partial charge in [0.2, 0.25) is 11.8 Å². The number of anilines is 1. The first-order valence-electron chi connectivity index (χ1n) is 7.02. The molecule has 124 valence electrons. The molecule has 0 heterocycles. The molecule has 3 N–H and O–H groups in total. The van der Waals surface area contributed by atoms with Gasteiger partial charge in [0.15, 0.2) is 0 Å². The van der Waals surface area contributed by atoms with Gasteiger partial charge < -0.3 is 15.8 Å². The van der Waals surface area contributed by atoms with Gasteiger partial charge in [-0.05, 0) is 36.4 Å². The molecular formula is C16H15N3O5. The van der Waals surface area contributed by atoms with Crippen molar-refractivity contribution in [3.63, 3.8) is 0 Å². The number of amides is 2. The molecule has 8 nitrogen and oxygen atoms in total. The van der Waals surface area contributed by atoms with Crippen LogP contribution < -0.4 is 15.8 Å². The number of ether oxygens (including phenoxy) is 1. The Kier molecular flexibility index (Phi) is 5.45. The molecule has 0 aliphatic heterocycles. The van der Waals surface area contributed by atoms with Gasteiger partial charge >= 0.3 is 0 Å². The molecule has 0 aliphatic rings. The minimum Gasteiger partial charge on any atom is -0.493 e. The first kappa shape index (κ1) is 16.9. The van der Waals surface area contributed by atoms with Crippen molar-refractivity contribution in [3.05, 3.63) is 64.2 Å². The van der Waals surface area contributed by atoms with E-state index in [1.54, 1.807) is 12.1 Å². The first-order chi connectivity index (χ1) is 11.5. The molecular weight excluding hydrogens is 314 g/mol. The summed E-state index contributed by atoms with van der Waals surface area (Å²) in [4.78, 5) is 32.8. The molecule has 2 aromatic carbocycles. The number of nitrogens with one attached hydrogen (secondary N) is 1. The van der Waals surface area contributed by atoms with Gasteiger partial charge in [0.05, 0.1) is 18.0 Å². The van der Waals surface area contributed by atoms with Crippen LogP contribution in [0, 0.1) is 10.1 Å². The quantitative estimate of drug-likeness (QED) is 0.594. The highest BCUT2D eigenvalue weighted by molar-refractivity contribution is 5.94. The van der Waals surface area contributed by atoms with Crippen molar-refractivity contribution < 1.29 is 19.2 Å². The zero-order valence-electron chi connectivity index (χ0n) is 12.6. The summed E-state index contributed by atoms with van der Waals surface area (Å²) in [6.07, 6.45) is 0.106. The Labute approximate surface area is 137 Å². The molecule has 0 atom stereocenters. The minimum atomic E-state index is -0.538. The summed E-state index contributed by atoms with van der Waals surface area (Å²) in [7, 11) is 0. The van der Waals surface area contributed by atoms with Gasteiger partial charge in [-0.15, -0.1) is 0 Å². The number of hydrogen-bond donors (Lipinski definition) is 2. The molecule has 8 heteroatoms. The normalized spacial score (nSPS) is 10.0. The predicted molar refractivity (Wildman–Crippen MR) is 86.8 cm³/mol. The van der Waals surface area contributed by atoms with E-state index in [1.807, 2.05) is 0 Å². The monoisotopic (exact) mass is 329 g/mol. The molecule has 0 unspecified atom stereocenters. The van der Waals surface area contributed by atoms with E-state index in [0.29, 0.717) is 17.0 Å². The van der Waals surface area contributed by atoms with E-state index in [0.717, 1.165) is 0 Å². The third-order valence-electron chi connectivity index (χ3n) is 3.10. The molecule has 2 aromatic rings. The predicted octanol–water partition coefficient (Wildman–Crippen LogP) is 2.10. The fraction of sp³-hybridized carbons (Fsp3) is 0.125. The van der Waals surface area contributed by atoms with Crippen molar-refractivity contribution in [2.24, 2.45) is 5.73 Å². The highest BCUT2D eigenvalue weighted by atomic mass is 16.6. The van der Waals surface area contributed by atoms with E-state index < -0.39 is 10.8 Å². The highest BCUT2D eigenvalue weighted by Gasteiger charge is 2.07. The number of nitro benzene ring substituents is 1. The van der Waals surface area contributed by atoms with Gasteiger partial charge in [0.1, 0.15) is 5.75 Å². The summed E-state index contributed by atoms with van der Waals surface area (Å²) in [6.45, 7) is 0.128. The maximum atomic E-state index is 11.8. The van der Waals surface area contributed by atoms with Crippen LogP contribution in [0.5, 0.6) is 5.75 Å². The number of nitro groups is 1. The molecule has 0 bridgehead atoms. The van der Waals surface area contributed by atoms with Crippen LogP contribution in [0.3, 0.4) is 0 Å². The number of carbonyl (C=O) groups is 2. The standard InChI is InChI=1S/C16H15N3O5/c17-16(21)11-1-3-12(4-2-11)18-15(20)9-10-24-14-7-5-13(6-8-14)19(22)23/h1-8H,9-10H2,(H2,17,21)(H,18,20). The van der Waals surface area contributed by atoms with Crippen molar-refractivity contribution in [2.45, 2.75) is 6.42 Å². The molecule has 2 amide bonds. The third-order valence-corrected chi connectivity index (χ3v) is 3.10. The van der Waals surface area contributed by atoms with E-state index in [9.17, 15) is 19.7 Å². The van der Waals surface area contributed by atoms with Crippen LogP contribution in [-0.4, -0.2) is 23.3 Å². The van der Waals surface area contributed by atoms with E-state index in [4.69, 9.17) is 10.5 Å². The summed E-state index contributed by atoms with van der Waals surface area (Å²) >= 11 is 0. The fourth-order valence-electron chi connectivity index (χ4n) is 1.87. The second-order valence-corrected chi connectivity index (χ2v) is 4.84. The Hall–Kier alpha value is -3.42. The van der Waals surface area contributed by atoms with Crippen LogP contribution in [0.4, 0.5) is 11.4 Å². The minimum absolute atomic E-state index is 0.0282. The largest absolute Gasteiger partial charge is 0.493 e. The highest BCUT2D eigenvalue weighted by Crippen LogP contribution is 2.17. The third kappa shape index (κ3) is 4.80. The molecule has 0 saturated carbocycles. The zero-order valence-corrected chi connectivity index (χ0v) is 12.6. The Morgan fingerprint density at radius 1 is 1.08 bits per heavy atom. The molecule has 0 spiro atoms. The summed E-state index contributed by atoms with van der Waals surface area (Å²) in [5.41, 5.74) is 6.00. The van der Waals surface area contributed by atoms with Crippen LogP contribution in [0.2, 0.25) is 0 Å². The van der Waals surface area contributed by atoms with Crippen molar-refractivity contribution >= 4 is 23.2 Å². The molecule has 0 radical (unpaired) electrons. The molecule has 0 aliphatic carbocycles. The van der Waals surface area contributed by atoms with Gasteiger partial charge in [-0.2, -0.15) is 0 Å². The average Bonchev–Trinajstić information content (AvgIpc) is 2.55. The number of rotatable bonds is 7. The fourth-order valence-corrected chi connectivity index (χ4v) is 1.87. The molecule has 2 rings (SSSR count). The zero-order chi connectivity index (χ0) is 17.5. The van der Waals surface area contributed by atoms with Crippen molar-refractivity contribution in [3.8, 4) is 5.75 Å². The van der Waals surface area contributed by atoms with Crippen LogP contribution in [0.25, 0.3) is 0 Å². The van der Waals surface area contributed by atoms with E-state index in [2.05, 4.69) is 5.32 Å². The molecule has 0 fully saturated rings. The summed E-state index contributed by atoms with van der Waals surface area (Å²) in [6, 6.07) is 11.8. The number of benzene rings is 2. The lowest BCUT2D eigenvalue weighted by atomic mass is 10.2. The van der Waals surface area contributed by atoms with Gasteiger partial charge in [0, 0.05) is 23.4 Å². The number of primary amides is 1. The summed E-state index contributed by atoms with van der Waals surface area (Å²) < 4.78 is 5.36. The number of hydrogen-bond acceptors (Lipinski definition) is 5. The second kappa shape index (κ2) is 7.73. The maximum absolute atomic E-state index is 11.8. The Morgan fingerprint density at radius 3 is 2.25 bits per heavy atom. The Balaban J connectivity index is 1.78. The van der Waals surface area contributed by atoms with E-state index in [-0.39, 0.29) is 24.6 Å². The number of nitrogens with two attached hydrogens (primary N) is 1. The lowest BCUT2D eigenvalue weighted by molar-refractivity contribution is -0.384. The molecule has 0 aromatic heterocycles. The molecule has 24 heavy (non-hydrogen) atoms. The Bertz CT molecular complexity index is 741. The SMILES string of the molecule is NC(=O)c1ccc(NC(=O)CCOc2ccc([N+](=O)[O-])cc2)cc1. The van der Waals surface area contributed by atoms with Crippen molar-refractivity contribution in [2.75, 3.05) is 11.9 Å². The van der Waals surface area contributed by atoms with Crippen molar-refractivity contribution in [1.82, 2.24) is 0 Å². The smallest absolute Gasteiger partial charge is 0.269 e. The van der Waals surface area contributed by atoms with E-state index in [1.165, 1.54) is 36.4 Å². The van der Waals surface area contributed by atoms with Gasteiger partial charge in [-0.3, -0.25) is 19.7 Å². The second-order valence-electron chi connectivity index (χ2n) is 4.84. The van der Waals surface area contributed by atoms with Crippen LogP contribution in [-0.2, 0) is 4.79 Å². The number of non-ortho nitro benzene ring substituents is 1.